The number of aromatic nitrogens is 2. The smallest absolute Gasteiger partial charge is 0.282 e. The zero-order valence-corrected chi connectivity index (χ0v) is 27.5. The first-order valence-electron chi connectivity index (χ1n) is 12.6. The van der Waals surface area contributed by atoms with Gasteiger partial charge in [-0.1, -0.05) is 68.9 Å². The third-order valence-electron chi connectivity index (χ3n) is 6.51. The fourth-order valence-corrected chi connectivity index (χ4v) is 5.76. The number of hydrogen-bond acceptors (Lipinski definition) is 6. The lowest BCUT2D eigenvalue weighted by Gasteiger charge is -2.15. The molecule has 0 aliphatic rings. The van der Waals surface area contributed by atoms with Crippen LogP contribution < -0.4 is 15.0 Å². The number of ether oxygens (including phenoxy) is 2. The average Bonchev–Trinajstić information content (AvgIpc) is 3.42. The highest BCUT2D eigenvalue weighted by molar-refractivity contribution is 9.10. The monoisotopic (exact) mass is 759 g/mol. The highest BCUT2D eigenvalue weighted by atomic mass is 79.9. The van der Waals surface area contributed by atoms with E-state index in [4.69, 9.17) is 53.7 Å². The van der Waals surface area contributed by atoms with Crippen LogP contribution in [0, 0.1) is 0 Å². The van der Waals surface area contributed by atoms with Gasteiger partial charge in [0.15, 0.2) is 17.3 Å². The molecule has 0 saturated heterocycles. The SMILES string of the molecule is COc1cc(C=Nn2c(-c3cc4cc(Br)ccc4o3)nc3ccccc3c2=O)c(Br)c(Cl)c1OCc1ccc(Cl)c(Cl)c1. The minimum atomic E-state index is -0.366. The molecule has 43 heavy (non-hydrogen) atoms. The summed E-state index contributed by atoms with van der Waals surface area (Å²) in [6.07, 6.45) is 1.49. The van der Waals surface area contributed by atoms with Gasteiger partial charge in [0.2, 0.25) is 5.82 Å². The summed E-state index contributed by atoms with van der Waals surface area (Å²) < 4.78 is 20.3. The van der Waals surface area contributed by atoms with Crippen molar-refractivity contribution in [2.45, 2.75) is 6.61 Å². The van der Waals surface area contributed by atoms with Gasteiger partial charge >= 0.3 is 0 Å². The summed E-state index contributed by atoms with van der Waals surface area (Å²) in [6.45, 7) is 0.169. The molecule has 0 aliphatic carbocycles. The van der Waals surface area contributed by atoms with Crippen molar-refractivity contribution in [3.05, 3.63) is 118 Å². The van der Waals surface area contributed by atoms with Gasteiger partial charge in [-0.25, -0.2) is 4.98 Å². The van der Waals surface area contributed by atoms with Crippen LogP contribution in [0.4, 0.5) is 0 Å². The Morgan fingerprint density at radius 1 is 1.00 bits per heavy atom. The number of nitrogens with zero attached hydrogens (tertiary/aromatic N) is 3. The molecule has 0 atom stereocenters. The third-order valence-corrected chi connectivity index (χ3v) is 9.18. The van der Waals surface area contributed by atoms with Crippen LogP contribution in [0.5, 0.6) is 11.5 Å². The van der Waals surface area contributed by atoms with Gasteiger partial charge in [0.05, 0.1) is 34.3 Å². The minimum absolute atomic E-state index is 0.169. The normalized spacial score (nSPS) is 11.6. The van der Waals surface area contributed by atoms with E-state index >= 15 is 0 Å². The van der Waals surface area contributed by atoms with E-state index < -0.39 is 0 Å². The Morgan fingerprint density at radius 3 is 2.60 bits per heavy atom. The number of methoxy groups -OCH3 is 1. The van der Waals surface area contributed by atoms with Gasteiger partial charge in [0.25, 0.3) is 5.56 Å². The molecule has 0 saturated carbocycles. The average molecular weight is 763 g/mol. The van der Waals surface area contributed by atoms with E-state index in [9.17, 15) is 4.79 Å². The molecule has 12 heteroatoms. The molecule has 0 aliphatic heterocycles. The predicted molar refractivity (Wildman–Crippen MR) is 178 cm³/mol. The van der Waals surface area contributed by atoms with Crippen molar-refractivity contribution in [2.75, 3.05) is 7.11 Å². The van der Waals surface area contributed by atoms with Gasteiger partial charge in [-0.05, 0) is 76.1 Å². The molecule has 4 aromatic carbocycles. The Labute approximate surface area is 276 Å². The second kappa shape index (κ2) is 12.3. The van der Waals surface area contributed by atoms with Gasteiger partial charge in [-0.15, -0.1) is 0 Å². The summed E-state index contributed by atoms with van der Waals surface area (Å²) in [5.41, 5.74) is 2.12. The largest absolute Gasteiger partial charge is 0.493 e. The number of benzene rings is 4. The summed E-state index contributed by atoms with van der Waals surface area (Å²) in [5, 5.41) is 6.92. The number of hydrogen-bond donors (Lipinski definition) is 0. The van der Waals surface area contributed by atoms with Gasteiger partial charge in [0.1, 0.15) is 17.2 Å². The van der Waals surface area contributed by atoms with Crippen molar-refractivity contribution in [3.8, 4) is 23.1 Å². The molecule has 2 heterocycles. The van der Waals surface area contributed by atoms with E-state index in [-0.39, 0.29) is 23.0 Å². The number of fused-ring (bicyclic) bond motifs is 2. The van der Waals surface area contributed by atoms with E-state index in [0.717, 1.165) is 15.4 Å². The highest BCUT2D eigenvalue weighted by Crippen LogP contribution is 2.42. The first kappa shape index (κ1) is 29.7. The third kappa shape index (κ3) is 5.92. The number of para-hydroxylation sites is 1. The molecule has 6 rings (SSSR count). The summed E-state index contributed by atoms with van der Waals surface area (Å²) in [6, 6.07) is 21.4. The predicted octanol–water partition coefficient (Wildman–Crippen LogP) is 9.76. The van der Waals surface area contributed by atoms with Gasteiger partial charge in [-0.2, -0.15) is 9.78 Å². The van der Waals surface area contributed by atoms with Crippen LogP contribution in [-0.4, -0.2) is 23.0 Å². The fraction of sp³-hybridized carbons (Fsp3) is 0.0645. The fourth-order valence-electron chi connectivity index (χ4n) is 4.40. The number of furan rings is 1. The lowest BCUT2D eigenvalue weighted by atomic mass is 10.2. The molecule has 0 radical (unpaired) electrons. The van der Waals surface area contributed by atoms with Crippen LogP contribution >= 0.6 is 66.7 Å². The molecule has 6 aromatic rings. The van der Waals surface area contributed by atoms with Crippen LogP contribution in [0.1, 0.15) is 11.1 Å². The first-order chi connectivity index (χ1) is 20.7. The van der Waals surface area contributed by atoms with Gasteiger partial charge in [0, 0.05) is 19.9 Å². The van der Waals surface area contributed by atoms with Gasteiger partial charge in [-0.3, -0.25) is 4.79 Å². The Hall–Kier alpha value is -3.34. The van der Waals surface area contributed by atoms with Crippen molar-refractivity contribution in [2.24, 2.45) is 5.10 Å². The van der Waals surface area contributed by atoms with Crippen LogP contribution in [0.2, 0.25) is 15.1 Å². The van der Waals surface area contributed by atoms with Crippen LogP contribution in [0.25, 0.3) is 33.5 Å². The lowest BCUT2D eigenvalue weighted by molar-refractivity contribution is 0.284. The minimum Gasteiger partial charge on any atom is -0.493 e. The van der Waals surface area contributed by atoms with Crippen molar-refractivity contribution in [1.82, 2.24) is 9.66 Å². The molecule has 0 unspecified atom stereocenters. The van der Waals surface area contributed by atoms with Crippen molar-refractivity contribution in [3.63, 3.8) is 0 Å². The molecule has 2 aromatic heterocycles. The zero-order chi connectivity index (χ0) is 30.2. The van der Waals surface area contributed by atoms with Crippen molar-refractivity contribution < 1.29 is 13.9 Å². The van der Waals surface area contributed by atoms with Crippen LogP contribution in [0.15, 0.2) is 96.1 Å². The second-order valence-electron chi connectivity index (χ2n) is 9.27. The molecular weight excluding hydrogens is 745 g/mol. The van der Waals surface area contributed by atoms with Crippen LogP contribution in [-0.2, 0) is 6.61 Å². The Balaban J connectivity index is 1.41. The van der Waals surface area contributed by atoms with Crippen LogP contribution in [0.3, 0.4) is 0 Å². The quantitative estimate of drug-likeness (QED) is 0.151. The van der Waals surface area contributed by atoms with E-state index in [2.05, 4.69) is 37.0 Å². The highest BCUT2D eigenvalue weighted by Gasteiger charge is 2.19. The molecule has 7 nitrogen and oxygen atoms in total. The molecule has 0 amide bonds. The maximum absolute atomic E-state index is 13.7. The van der Waals surface area contributed by atoms with Crippen molar-refractivity contribution >= 4 is 94.7 Å². The summed E-state index contributed by atoms with van der Waals surface area (Å²) in [7, 11) is 1.50. The van der Waals surface area contributed by atoms with E-state index in [1.807, 2.05) is 30.3 Å². The summed E-state index contributed by atoms with van der Waals surface area (Å²) in [4.78, 5) is 18.4. The maximum atomic E-state index is 13.7. The van der Waals surface area contributed by atoms with E-state index in [0.29, 0.717) is 53.8 Å². The standard InChI is InChI=1S/C31H18Br2Cl3N3O4/c1-41-25-13-18(27(33)28(36)29(25)42-15-16-6-8-21(34)22(35)10-16)14-37-39-30(38-23-5-3-2-4-20(23)31(39)40)26-12-17-11-19(32)7-9-24(17)43-26/h2-14H,15H2,1H3. The van der Waals surface area contributed by atoms with E-state index in [1.54, 1.807) is 42.5 Å². The maximum Gasteiger partial charge on any atom is 0.282 e. The molecule has 0 fully saturated rings. The molecule has 216 valence electrons. The Bertz CT molecular complexity index is 2130. The second-order valence-corrected chi connectivity index (χ2v) is 12.2. The van der Waals surface area contributed by atoms with Crippen molar-refractivity contribution in [1.29, 1.82) is 0 Å². The number of halogens is 5. The molecule has 0 bridgehead atoms. The van der Waals surface area contributed by atoms with Gasteiger partial charge < -0.3 is 13.9 Å². The molecule has 0 N–H and O–H groups in total. The number of rotatable bonds is 7. The molecular formula is C31H18Br2Cl3N3O4. The first-order valence-corrected chi connectivity index (χ1v) is 15.3. The summed E-state index contributed by atoms with van der Waals surface area (Å²) >= 11 is 25.9. The summed E-state index contributed by atoms with van der Waals surface area (Å²) in [5.74, 6) is 1.30. The Morgan fingerprint density at radius 2 is 1.81 bits per heavy atom. The zero-order valence-electron chi connectivity index (χ0n) is 22.1. The molecule has 0 spiro atoms. The Kier molecular flexibility index (Phi) is 8.53. The lowest BCUT2D eigenvalue weighted by Crippen LogP contribution is -2.20. The van der Waals surface area contributed by atoms with E-state index in [1.165, 1.54) is 18.0 Å². The topological polar surface area (TPSA) is 78.9 Å².